The summed E-state index contributed by atoms with van der Waals surface area (Å²) < 4.78 is 1.94. The van der Waals surface area contributed by atoms with Crippen molar-refractivity contribution in [2.45, 2.75) is 58.5 Å². The maximum Gasteiger partial charge on any atom is 0.287 e. The maximum atomic E-state index is 13.3. The third-order valence-corrected chi connectivity index (χ3v) is 5.14. The van der Waals surface area contributed by atoms with Gasteiger partial charge in [0, 0.05) is 24.3 Å². The molecule has 2 aromatic rings. The molecule has 1 aromatic heterocycles. The normalized spacial score (nSPS) is 16.0. The summed E-state index contributed by atoms with van der Waals surface area (Å²) >= 11 is 0. The molecule has 0 fully saturated rings. The van der Waals surface area contributed by atoms with Crippen LogP contribution in [0.2, 0.25) is 0 Å². The zero-order valence-electron chi connectivity index (χ0n) is 16.2. The zero-order chi connectivity index (χ0) is 19.2. The number of fused-ring (bicyclic) bond motifs is 2. The number of hydrogen-bond donors (Lipinski definition) is 1. The van der Waals surface area contributed by atoms with Crippen molar-refractivity contribution in [3.8, 4) is 0 Å². The van der Waals surface area contributed by atoms with Crippen LogP contribution in [0.4, 0.5) is 5.69 Å². The third kappa shape index (κ3) is 3.24. The predicted octanol–water partition coefficient (Wildman–Crippen LogP) is 2.95. The minimum absolute atomic E-state index is 0.0968. The number of anilines is 1. The van der Waals surface area contributed by atoms with Crippen molar-refractivity contribution < 1.29 is 9.59 Å². The summed E-state index contributed by atoms with van der Waals surface area (Å²) in [6, 6.07) is 8.00. The molecule has 0 atom stereocenters. The van der Waals surface area contributed by atoms with Crippen molar-refractivity contribution in [3.63, 3.8) is 0 Å². The molecule has 142 valence electrons. The van der Waals surface area contributed by atoms with Gasteiger partial charge in [-0.15, -0.1) is 0 Å². The molecule has 0 unspecified atom stereocenters. The van der Waals surface area contributed by atoms with Crippen molar-refractivity contribution in [2.75, 3.05) is 11.4 Å². The topological polar surface area (TPSA) is 67.2 Å². The van der Waals surface area contributed by atoms with Crippen LogP contribution in [0.15, 0.2) is 24.3 Å². The van der Waals surface area contributed by atoms with Crippen LogP contribution in [-0.4, -0.2) is 33.4 Å². The number of rotatable bonds is 2. The number of aromatic nitrogens is 2. The average molecular weight is 366 g/mol. The van der Waals surface area contributed by atoms with E-state index < -0.39 is 0 Å². The lowest BCUT2D eigenvalue weighted by Gasteiger charge is -2.22. The van der Waals surface area contributed by atoms with Gasteiger partial charge in [-0.2, -0.15) is 0 Å². The summed E-state index contributed by atoms with van der Waals surface area (Å²) in [6.45, 7) is 7.22. The highest BCUT2D eigenvalue weighted by atomic mass is 16.2. The van der Waals surface area contributed by atoms with Crippen LogP contribution in [-0.2, 0) is 19.4 Å². The minimum Gasteiger partial charge on any atom is -0.345 e. The maximum absolute atomic E-state index is 13.3. The summed E-state index contributed by atoms with van der Waals surface area (Å²) in [5.41, 5.74) is 3.13. The molecule has 27 heavy (non-hydrogen) atoms. The summed E-state index contributed by atoms with van der Waals surface area (Å²) in [5, 5.41) is 2.98. The number of hydrogen-bond acceptors (Lipinski definition) is 3. The summed E-state index contributed by atoms with van der Waals surface area (Å²) in [7, 11) is 0. The van der Waals surface area contributed by atoms with E-state index in [1.54, 1.807) is 4.90 Å². The first-order valence-electron chi connectivity index (χ1n) is 9.67. The molecule has 3 heterocycles. The van der Waals surface area contributed by atoms with E-state index in [2.05, 4.69) is 16.4 Å². The van der Waals surface area contributed by atoms with Gasteiger partial charge in [0.15, 0.2) is 11.5 Å². The molecular formula is C21H26N4O2. The van der Waals surface area contributed by atoms with Crippen LogP contribution >= 0.6 is 0 Å². The molecule has 0 bridgehead atoms. The van der Waals surface area contributed by atoms with Crippen molar-refractivity contribution in [2.24, 2.45) is 0 Å². The molecule has 2 amide bonds. The van der Waals surface area contributed by atoms with E-state index in [4.69, 9.17) is 0 Å². The molecule has 4 rings (SSSR count). The fraction of sp³-hybridized carbons (Fsp3) is 0.476. The van der Waals surface area contributed by atoms with Crippen LogP contribution in [0.5, 0.6) is 0 Å². The number of nitrogens with one attached hydrogen (secondary N) is 1. The molecule has 0 saturated heterocycles. The lowest BCUT2D eigenvalue weighted by atomic mass is 10.1. The monoisotopic (exact) mass is 366 g/mol. The highest BCUT2D eigenvalue weighted by Gasteiger charge is 2.33. The number of benzene rings is 1. The van der Waals surface area contributed by atoms with Crippen molar-refractivity contribution in [3.05, 3.63) is 47.0 Å². The largest absolute Gasteiger partial charge is 0.345 e. The highest BCUT2D eigenvalue weighted by Crippen LogP contribution is 2.30. The molecule has 1 N–H and O–H groups in total. The van der Waals surface area contributed by atoms with E-state index in [-0.39, 0.29) is 17.4 Å². The smallest absolute Gasteiger partial charge is 0.287 e. The van der Waals surface area contributed by atoms with Gasteiger partial charge in [-0.3, -0.25) is 9.59 Å². The van der Waals surface area contributed by atoms with Gasteiger partial charge >= 0.3 is 0 Å². The van der Waals surface area contributed by atoms with Gasteiger partial charge in [-0.1, -0.05) is 18.2 Å². The predicted molar refractivity (Wildman–Crippen MR) is 104 cm³/mol. The molecule has 0 radical (unpaired) electrons. The van der Waals surface area contributed by atoms with Gasteiger partial charge in [0.05, 0.1) is 5.69 Å². The summed E-state index contributed by atoms with van der Waals surface area (Å²) in [6.07, 6.45) is 3.66. The van der Waals surface area contributed by atoms with Crippen LogP contribution in [0, 0.1) is 0 Å². The lowest BCUT2D eigenvalue weighted by molar-refractivity contribution is 0.0903. The highest BCUT2D eigenvalue weighted by molar-refractivity contribution is 6.07. The Labute approximate surface area is 159 Å². The van der Waals surface area contributed by atoms with Crippen molar-refractivity contribution in [1.29, 1.82) is 0 Å². The summed E-state index contributed by atoms with van der Waals surface area (Å²) in [4.78, 5) is 32.4. The lowest BCUT2D eigenvalue weighted by Crippen LogP contribution is -2.42. The SMILES string of the molecule is CC(C)(C)NC(=O)c1nc(C(=O)N2CCc3ccccc32)c2n1CCCC2. The first-order valence-corrected chi connectivity index (χ1v) is 9.67. The number of para-hydroxylation sites is 1. The number of carbonyl (C=O) groups is 2. The third-order valence-electron chi connectivity index (χ3n) is 5.14. The molecule has 6 nitrogen and oxygen atoms in total. The van der Waals surface area contributed by atoms with E-state index in [1.165, 1.54) is 5.56 Å². The first kappa shape index (κ1) is 17.8. The molecule has 0 aliphatic carbocycles. The van der Waals surface area contributed by atoms with Crippen LogP contribution in [0.25, 0.3) is 0 Å². The fourth-order valence-corrected chi connectivity index (χ4v) is 3.96. The van der Waals surface area contributed by atoms with Crippen molar-refractivity contribution >= 4 is 17.5 Å². The average Bonchev–Trinajstić information content (AvgIpc) is 3.22. The second kappa shape index (κ2) is 6.51. The van der Waals surface area contributed by atoms with Gasteiger partial charge in [-0.05, 0) is 58.1 Å². The Morgan fingerprint density at radius 1 is 1.07 bits per heavy atom. The van der Waals surface area contributed by atoms with Gasteiger partial charge in [0.1, 0.15) is 0 Å². The zero-order valence-corrected chi connectivity index (χ0v) is 16.2. The van der Waals surface area contributed by atoms with E-state index in [0.717, 1.165) is 43.6 Å². The summed E-state index contributed by atoms with van der Waals surface area (Å²) in [5.74, 6) is 0.0439. The fourth-order valence-electron chi connectivity index (χ4n) is 3.96. The molecule has 2 aliphatic heterocycles. The molecule has 2 aliphatic rings. The molecule has 1 aromatic carbocycles. The van der Waals surface area contributed by atoms with Crippen LogP contribution in [0.1, 0.15) is 66.0 Å². The van der Waals surface area contributed by atoms with Crippen LogP contribution < -0.4 is 10.2 Å². The Kier molecular flexibility index (Phi) is 4.29. The number of amides is 2. The Balaban J connectivity index is 1.71. The van der Waals surface area contributed by atoms with Gasteiger partial charge < -0.3 is 14.8 Å². The quantitative estimate of drug-likeness (QED) is 0.889. The van der Waals surface area contributed by atoms with E-state index in [9.17, 15) is 9.59 Å². The minimum atomic E-state index is -0.351. The Hall–Kier alpha value is -2.63. The number of nitrogens with zero attached hydrogens (tertiary/aromatic N) is 3. The second-order valence-corrected chi connectivity index (χ2v) is 8.38. The van der Waals surface area contributed by atoms with E-state index >= 15 is 0 Å². The van der Waals surface area contributed by atoms with Gasteiger partial charge in [0.25, 0.3) is 11.8 Å². The second-order valence-electron chi connectivity index (χ2n) is 8.38. The van der Waals surface area contributed by atoms with E-state index in [1.807, 2.05) is 43.5 Å². The van der Waals surface area contributed by atoms with Gasteiger partial charge in [0.2, 0.25) is 0 Å². The molecule has 0 saturated carbocycles. The molecular weight excluding hydrogens is 340 g/mol. The van der Waals surface area contributed by atoms with E-state index in [0.29, 0.717) is 18.1 Å². The first-order chi connectivity index (χ1) is 12.8. The number of imidazole rings is 1. The van der Waals surface area contributed by atoms with Crippen LogP contribution in [0.3, 0.4) is 0 Å². The molecule has 6 heteroatoms. The Bertz CT molecular complexity index is 907. The Morgan fingerprint density at radius 2 is 1.85 bits per heavy atom. The number of carbonyl (C=O) groups excluding carboxylic acids is 2. The Morgan fingerprint density at radius 3 is 2.63 bits per heavy atom. The van der Waals surface area contributed by atoms with Gasteiger partial charge in [-0.25, -0.2) is 4.98 Å². The molecule has 0 spiro atoms. The standard InChI is InChI=1S/C21H26N4O2/c1-21(2,3)23-19(26)18-22-17(16-10-6-7-12-24(16)18)20(27)25-13-11-14-8-4-5-9-15(14)25/h4-5,8-9H,6-7,10-13H2,1-3H3,(H,23,26). The van der Waals surface area contributed by atoms with Crippen molar-refractivity contribution in [1.82, 2.24) is 14.9 Å².